The Kier molecular flexibility index (Phi) is 6.46. The molecule has 0 saturated heterocycles. The molecule has 0 aliphatic carbocycles. The Morgan fingerprint density at radius 1 is 1.08 bits per heavy atom. The van der Waals surface area contributed by atoms with Crippen LogP contribution in [0.2, 0.25) is 0 Å². The Balaban J connectivity index is 1.37. The Bertz CT molecular complexity index is 1650. The average molecular weight is 500 g/mol. The predicted octanol–water partition coefficient (Wildman–Crippen LogP) is 4.37. The number of benzene rings is 2. The van der Waals surface area contributed by atoms with Gasteiger partial charge in [0.1, 0.15) is 28.4 Å². The topological polar surface area (TPSA) is 95.9 Å². The smallest absolute Gasteiger partial charge is 0.338 e. The highest BCUT2D eigenvalue weighted by Gasteiger charge is 2.13. The fourth-order valence-electron chi connectivity index (χ4n) is 3.51. The summed E-state index contributed by atoms with van der Waals surface area (Å²) in [5.41, 5.74) is 1.79. The molecule has 0 radical (unpaired) electrons. The van der Waals surface area contributed by atoms with Gasteiger partial charge in [-0.15, -0.1) is 5.10 Å². The van der Waals surface area contributed by atoms with E-state index in [0.29, 0.717) is 51.4 Å². The maximum absolute atomic E-state index is 12.9. The van der Waals surface area contributed by atoms with Crippen LogP contribution in [0.25, 0.3) is 33.7 Å². The van der Waals surface area contributed by atoms with Gasteiger partial charge in [-0.05, 0) is 55.5 Å². The third-order valence-electron chi connectivity index (χ3n) is 5.24. The average Bonchev–Trinajstić information content (AvgIpc) is 3.61. The van der Waals surface area contributed by atoms with E-state index in [2.05, 4.69) is 16.7 Å². The van der Waals surface area contributed by atoms with Gasteiger partial charge in [0.25, 0.3) is 5.56 Å². The molecule has 0 aliphatic heterocycles. The summed E-state index contributed by atoms with van der Waals surface area (Å²) in [7, 11) is 0. The predicted molar refractivity (Wildman–Crippen MR) is 137 cm³/mol. The lowest BCUT2D eigenvalue weighted by Crippen LogP contribution is -2.23. The molecular formula is C27H21N3O5S. The third kappa shape index (κ3) is 4.69. The standard InChI is InChI=1S/C27H21N3O5S/c1-3-15-34-20-11-9-18(10-12-20)24-28-27-30(29-24)25(31)23(36-27)16-21-13-14-22(35-21)17-5-7-19(8-6-17)26(32)33-4-2/h3,5-14,16H,1,4,15H2,2H3. The van der Waals surface area contributed by atoms with Gasteiger partial charge < -0.3 is 13.9 Å². The van der Waals surface area contributed by atoms with Gasteiger partial charge in [-0.3, -0.25) is 4.79 Å². The van der Waals surface area contributed by atoms with Crippen molar-refractivity contribution in [2.24, 2.45) is 0 Å². The quantitative estimate of drug-likeness (QED) is 0.231. The van der Waals surface area contributed by atoms with Gasteiger partial charge in [-0.25, -0.2) is 4.79 Å². The molecule has 0 unspecified atom stereocenters. The number of furan rings is 1. The molecule has 0 N–H and O–H groups in total. The van der Waals surface area contributed by atoms with Gasteiger partial charge in [0, 0.05) is 17.2 Å². The van der Waals surface area contributed by atoms with E-state index >= 15 is 0 Å². The fraction of sp³-hybridized carbons (Fsp3) is 0.111. The minimum Gasteiger partial charge on any atom is -0.490 e. The van der Waals surface area contributed by atoms with E-state index in [4.69, 9.17) is 13.9 Å². The molecule has 36 heavy (non-hydrogen) atoms. The van der Waals surface area contributed by atoms with Crippen molar-refractivity contribution in [2.45, 2.75) is 6.92 Å². The molecule has 5 aromatic rings. The second-order valence-corrected chi connectivity index (χ2v) is 8.68. The largest absolute Gasteiger partial charge is 0.490 e. The molecule has 5 rings (SSSR count). The summed E-state index contributed by atoms with van der Waals surface area (Å²) in [5.74, 6) is 1.96. The van der Waals surface area contributed by atoms with Gasteiger partial charge in [-0.1, -0.05) is 36.1 Å². The van der Waals surface area contributed by atoms with Crippen molar-refractivity contribution in [2.75, 3.05) is 13.2 Å². The minimum atomic E-state index is -0.366. The van der Waals surface area contributed by atoms with Crippen LogP contribution in [0.1, 0.15) is 23.0 Å². The van der Waals surface area contributed by atoms with Crippen LogP contribution in [0, 0.1) is 0 Å². The Morgan fingerprint density at radius 3 is 2.53 bits per heavy atom. The van der Waals surface area contributed by atoms with E-state index in [1.54, 1.807) is 49.4 Å². The summed E-state index contributed by atoms with van der Waals surface area (Å²) in [4.78, 5) is 29.7. The molecule has 180 valence electrons. The first-order chi connectivity index (χ1) is 17.6. The maximum atomic E-state index is 12.9. The van der Waals surface area contributed by atoms with Gasteiger partial charge >= 0.3 is 5.97 Å². The number of nitrogens with zero attached hydrogens (tertiary/aromatic N) is 3. The zero-order chi connectivity index (χ0) is 25.1. The molecule has 3 aromatic heterocycles. The van der Waals surface area contributed by atoms with Crippen molar-refractivity contribution < 1.29 is 18.7 Å². The van der Waals surface area contributed by atoms with E-state index in [-0.39, 0.29) is 11.5 Å². The van der Waals surface area contributed by atoms with Crippen LogP contribution in [0.3, 0.4) is 0 Å². The number of rotatable bonds is 8. The summed E-state index contributed by atoms with van der Waals surface area (Å²) in [6.07, 6.45) is 3.35. The van der Waals surface area contributed by atoms with E-state index in [0.717, 1.165) is 11.1 Å². The molecule has 0 spiro atoms. The van der Waals surface area contributed by atoms with E-state index in [1.165, 1.54) is 15.9 Å². The number of carbonyl (C=O) groups excluding carboxylic acids is 1. The molecular weight excluding hydrogens is 478 g/mol. The Morgan fingerprint density at radius 2 is 1.83 bits per heavy atom. The molecule has 0 fully saturated rings. The summed E-state index contributed by atoms with van der Waals surface area (Å²) < 4.78 is 18.2. The lowest BCUT2D eigenvalue weighted by molar-refractivity contribution is 0.0526. The first-order valence-corrected chi connectivity index (χ1v) is 12.0. The van der Waals surface area contributed by atoms with Crippen LogP contribution < -0.4 is 14.8 Å². The van der Waals surface area contributed by atoms with Crippen LogP contribution >= 0.6 is 11.3 Å². The molecule has 0 aliphatic rings. The van der Waals surface area contributed by atoms with Crippen molar-refractivity contribution in [3.8, 4) is 28.5 Å². The molecule has 0 saturated carbocycles. The zero-order valence-corrected chi connectivity index (χ0v) is 20.2. The Hall–Kier alpha value is -4.50. The van der Waals surface area contributed by atoms with Crippen molar-refractivity contribution >= 4 is 28.3 Å². The number of carbonyl (C=O) groups is 1. The van der Waals surface area contributed by atoms with Gasteiger partial charge in [0.05, 0.1) is 12.2 Å². The van der Waals surface area contributed by atoms with Crippen LogP contribution in [0.15, 0.2) is 82.5 Å². The second kappa shape index (κ2) is 10.0. The number of hydrogen-bond acceptors (Lipinski definition) is 8. The third-order valence-corrected chi connectivity index (χ3v) is 6.20. The molecule has 0 amide bonds. The number of thiazole rings is 1. The van der Waals surface area contributed by atoms with Gasteiger partial charge in [0.15, 0.2) is 5.82 Å². The number of ether oxygens (including phenoxy) is 2. The van der Waals surface area contributed by atoms with Crippen molar-refractivity contribution in [1.29, 1.82) is 0 Å². The fourth-order valence-corrected chi connectivity index (χ4v) is 4.40. The monoisotopic (exact) mass is 499 g/mol. The second-order valence-electron chi connectivity index (χ2n) is 7.67. The molecule has 9 heteroatoms. The summed E-state index contributed by atoms with van der Waals surface area (Å²) >= 11 is 1.24. The summed E-state index contributed by atoms with van der Waals surface area (Å²) in [5, 5.41) is 4.38. The minimum absolute atomic E-state index is 0.267. The molecule has 0 atom stereocenters. The first kappa shape index (κ1) is 23.3. The first-order valence-electron chi connectivity index (χ1n) is 11.2. The highest BCUT2D eigenvalue weighted by Crippen LogP contribution is 2.24. The van der Waals surface area contributed by atoms with E-state index in [1.807, 2.05) is 30.3 Å². The van der Waals surface area contributed by atoms with Crippen molar-refractivity contribution in [1.82, 2.24) is 14.6 Å². The zero-order valence-electron chi connectivity index (χ0n) is 19.3. The highest BCUT2D eigenvalue weighted by atomic mass is 32.1. The van der Waals surface area contributed by atoms with E-state index < -0.39 is 0 Å². The molecule has 8 nitrogen and oxygen atoms in total. The number of fused-ring (bicyclic) bond motifs is 1. The maximum Gasteiger partial charge on any atom is 0.338 e. The van der Waals surface area contributed by atoms with Gasteiger partial charge in [-0.2, -0.15) is 9.50 Å². The highest BCUT2D eigenvalue weighted by molar-refractivity contribution is 7.15. The number of aromatic nitrogens is 3. The number of esters is 1. The van der Waals surface area contributed by atoms with Crippen LogP contribution in [-0.2, 0) is 4.74 Å². The van der Waals surface area contributed by atoms with E-state index in [9.17, 15) is 9.59 Å². The van der Waals surface area contributed by atoms with Crippen LogP contribution in [-0.4, -0.2) is 33.8 Å². The summed E-state index contributed by atoms with van der Waals surface area (Å²) in [6.45, 7) is 6.14. The normalized spacial score (nSPS) is 11.6. The number of hydrogen-bond donors (Lipinski definition) is 0. The lowest BCUT2D eigenvalue weighted by atomic mass is 10.1. The summed E-state index contributed by atoms with van der Waals surface area (Å²) in [6, 6.07) is 17.9. The molecule has 2 aromatic carbocycles. The molecule has 0 bridgehead atoms. The lowest BCUT2D eigenvalue weighted by Gasteiger charge is -2.02. The Labute approximate surface area is 209 Å². The van der Waals surface area contributed by atoms with Gasteiger partial charge in [0.2, 0.25) is 4.96 Å². The van der Waals surface area contributed by atoms with Crippen molar-refractivity contribution in [3.05, 3.63) is 99.5 Å². The molecule has 3 heterocycles. The van der Waals surface area contributed by atoms with Crippen molar-refractivity contribution in [3.63, 3.8) is 0 Å². The van der Waals surface area contributed by atoms with Crippen LogP contribution in [0.5, 0.6) is 5.75 Å². The van der Waals surface area contributed by atoms with Crippen LogP contribution in [0.4, 0.5) is 0 Å². The SMILES string of the molecule is C=CCOc1ccc(-c2nc3sc(=Cc4ccc(-c5ccc(C(=O)OCC)cc5)o4)c(=O)n3n2)cc1.